The molecule has 0 spiro atoms. The van der Waals surface area contributed by atoms with Gasteiger partial charge in [-0.25, -0.2) is 9.13 Å². The van der Waals surface area contributed by atoms with E-state index in [1.165, 1.54) is 173 Å². The van der Waals surface area contributed by atoms with Crippen LogP contribution in [0.3, 0.4) is 0 Å². The molecule has 19 heteroatoms. The molecule has 0 aliphatic carbocycles. The quantitative estimate of drug-likeness (QED) is 0.0222. The van der Waals surface area contributed by atoms with Crippen LogP contribution in [0.4, 0.5) is 0 Å². The monoisotopic (exact) mass is 1380 g/mol. The van der Waals surface area contributed by atoms with E-state index in [1.807, 2.05) is 0 Å². The number of aliphatic hydroxyl groups excluding tert-OH is 1. The number of rotatable bonds is 72. The van der Waals surface area contributed by atoms with E-state index in [9.17, 15) is 43.2 Å². The molecule has 0 amide bonds. The van der Waals surface area contributed by atoms with Crippen LogP contribution >= 0.6 is 15.6 Å². The van der Waals surface area contributed by atoms with E-state index in [0.717, 1.165) is 120 Å². The maximum atomic E-state index is 13.1. The van der Waals surface area contributed by atoms with Crippen LogP contribution in [0, 0.1) is 23.7 Å². The highest BCUT2D eigenvalue weighted by molar-refractivity contribution is 7.47. The maximum absolute atomic E-state index is 13.1. The molecule has 0 aliphatic rings. The van der Waals surface area contributed by atoms with Crippen LogP contribution in [0.15, 0.2) is 0 Å². The van der Waals surface area contributed by atoms with E-state index >= 15 is 0 Å². The molecule has 0 fully saturated rings. The minimum atomic E-state index is -4.96. The molecule has 0 aromatic rings. The van der Waals surface area contributed by atoms with Gasteiger partial charge < -0.3 is 33.8 Å². The fourth-order valence-electron chi connectivity index (χ4n) is 11.3. The molecule has 3 N–H and O–H groups in total. The molecule has 0 bridgehead atoms. The van der Waals surface area contributed by atoms with Gasteiger partial charge in [0.1, 0.15) is 19.3 Å². The summed E-state index contributed by atoms with van der Waals surface area (Å²) >= 11 is 0. The number of esters is 4. The van der Waals surface area contributed by atoms with Gasteiger partial charge in [-0.2, -0.15) is 0 Å². The number of unbranched alkanes of at least 4 members (excludes halogenated alkanes) is 36. The van der Waals surface area contributed by atoms with Crippen LogP contribution in [0.25, 0.3) is 0 Å². The number of carbonyl (C=O) groups excluding carboxylic acids is 4. The van der Waals surface area contributed by atoms with Gasteiger partial charge in [-0.15, -0.1) is 0 Å². The lowest BCUT2D eigenvalue weighted by Gasteiger charge is -2.21. The molecule has 7 atom stereocenters. The molecule has 17 nitrogen and oxygen atoms in total. The Bertz CT molecular complexity index is 1850. The van der Waals surface area contributed by atoms with Crippen molar-refractivity contribution < 1.29 is 80.2 Å². The number of phosphoric acid groups is 2. The lowest BCUT2D eigenvalue weighted by atomic mass is 9.99. The SMILES string of the molecule is CCC(C)CCCCCCCCCCCCCCCCCCCCC(=O)O[C@H](COC(=O)CCCCCCCCC(C)CC)COP(=O)(O)OC[C@H](O)COP(=O)(O)OC[C@@H](COC(=O)CCCCCCCCCCC(C)C)OC(=O)CCCCCCCCCCC(C)C. The first kappa shape index (κ1) is 92.1. The van der Waals surface area contributed by atoms with Gasteiger partial charge in [0.2, 0.25) is 0 Å². The zero-order valence-electron chi connectivity index (χ0n) is 61.6. The van der Waals surface area contributed by atoms with Crippen molar-refractivity contribution in [1.82, 2.24) is 0 Å². The number of ether oxygens (including phenoxy) is 4. The third kappa shape index (κ3) is 66.0. The average Bonchev–Trinajstić information content (AvgIpc) is 1.72. The van der Waals surface area contributed by atoms with Gasteiger partial charge in [0.05, 0.1) is 26.4 Å². The third-order valence-electron chi connectivity index (χ3n) is 18.0. The van der Waals surface area contributed by atoms with Gasteiger partial charge in [0, 0.05) is 25.7 Å². The first-order valence-corrected chi connectivity index (χ1v) is 41.8. The van der Waals surface area contributed by atoms with Crippen molar-refractivity contribution in [2.24, 2.45) is 23.7 Å². The Hall–Kier alpha value is -1.94. The summed E-state index contributed by atoms with van der Waals surface area (Å²) in [5, 5.41) is 10.6. The Morgan fingerprint density at radius 3 is 0.755 bits per heavy atom. The fourth-order valence-corrected chi connectivity index (χ4v) is 12.9. The molecule has 0 heterocycles. The van der Waals surface area contributed by atoms with E-state index in [4.69, 9.17) is 37.0 Å². The normalized spacial score (nSPS) is 14.7. The Balaban J connectivity index is 5.16. The van der Waals surface area contributed by atoms with E-state index in [1.54, 1.807) is 0 Å². The first-order chi connectivity index (χ1) is 45.2. The fraction of sp³-hybridized carbons (Fsp3) is 0.947. The topological polar surface area (TPSA) is 237 Å². The van der Waals surface area contributed by atoms with Gasteiger partial charge in [0.15, 0.2) is 12.2 Å². The molecule has 0 aliphatic heterocycles. The smallest absolute Gasteiger partial charge is 0.462 e. The summed E-state index contributed by atoms with van der Waals surface area (Å²) in [6, 6.07) is 0. The lowest BCUT2D eigenvalue weighted by molar-refractivity contribution is -0.161. The zero-order chi connectivity index (χ0) is 69.6. The van der Waals surface area contributed by atoms with Crippen molar-refractivity contribution in [1.29, 1.82) is 0 Å². The molecule has 0 saturated carbocycles. The van der Waals surface area contributed by atoms with E-state index in [-0.39, 0.29) is 25.7 Å². The Morgan fingerprint density at radius 2 is 0.511 bits per heavy atom. The third-order valence-corrected chi connectivity index (χ3v) is 19.9. The standard InChI is InChI=1S/C75H146O17P2/c1-9-67(7)53-45-37-29-21-19-17-15-13-11-12-14-16-18-20-22-31-41-49-57-74(79)91-71(62-86-73(78)56-48-40-34-33-38-46-54-68(8)10-2)64-90-94(83,84)88-60-69(76)59-87-93(81,82)89-63-70(92-75(80)58-50-42-32-26-24-28-36-44-52-66(5)6)61-85-72(77)55-47-39-30-25-23-27-35-43-51-65(3)4/h65-71,76H,9-64H2,1-8H3,(H,81,82)(H,83,84)/t67?,68?,69-,70-,71-/m1/s1. The van der Waals surface area contributed by atoms with Gasteiger partial charge in [-0.3, -0.25) is 37.3 Å². The number of hydrogen-bond acceptors (Lipinski definition) is 15. The summed E-state index contributed by atoms with van der Waals surface area (Å²) in [4.78, 5) is 72.7. The highest BCUT2D eigenvalue weighted by atomic mass is 31.2. The second-order valence-corrected chi connectivity index (χ2v) is 31.4. The van der Waals surface area contributed by atoms with Crippen LogP contribution in [-0.4, -0.2) is 96.7 Å². The van der Waals surface area contributed by atoms with Crippen molar-refractivity contribution in [3.63, 3.8) is 0 Å². The minimum absolute atomic E-state index is 0.103. The summed E-state index contributed by atoms with van der Waals surface area (Å²) < 4.78 is 68.4. The molecule has 558 valence electrons. The highest BCUT2D eigenvalue weighted by Crippen LogP contribution is 2.45. The predicted octanol–water partition coefficient (Wildman–Crippen LogP) is 21.7. The Labute approximate surface area is 575 Å². The molecular weight excluding hydrogens is 1230 g/mol. The molecule has 94 heavy (non-hydrogen) atoms. The predicted molar refractivity (Wildman–Crippen MR) is 381 cm³/mol. The van der Waals surface area contributed by atoms with E-state index in [0.29, 0.717) is 25.7 Å². The zero-order valence-corrected chi connectivity index (χ0v) is 63.4. The molecule has 4 unspecified atom stereocenters. The van der Waals surface area contributed by atoms with Crippen molar-refractivity contribution in [2.45, 2.75) is 395 Å². The molecule has 0 aromatic heterocycles. The second-order valence-electron chi connectivity index (χ2n) is 28.5. The summed E-state index contributed by atoms with van der Waals surface area (Å²) in [5.74, 6) is 0.919. The summed E-state index contributed by atoms with van der Waals surface area (Å²) in [6.45, 7) is 14.1. The van der Waals surface area contributed by atoms with Gasteiger partial charge >= 0.3 is 39.5 Å². The lowest BCUT2D eigenvalue weighted by Crippen LogP contribution is -2.30. The molecule has 0 saturated heterocycles. The van der Waals surface area contributed by atoms with E-state index in [2.05, 4.69) is 55.4 Å². The molecule has 0 rings (SSSR count). The van der Waals surface area contributed by atoms with Gasteiger partial charge in [-0.05, 0) is 49.4 Å². The van der Waals surface area contributed by atoms with Crippen molar-refractivity contribution in [3.8, 4) is 0 Å². The van der Waals surface area contributed by atoms with Gasteiger partial charge in [0.25, 0.3) is 0 Å². The summed E-state index contributed by atoms with van der Waals surface area (Å²) in [7, 11) is -9.91. The summed E-state index contributed by atoms with van der Waals surface area (Å²) in [6.07, 6.45) is 48.8. The van der Waals surface area contributed by atoms with Crippen molar-refractivity contribution in [3.05, 3.63) is 0 Å². The largest absolute Gasteiger partial charge is 0.472 e. The molecule has 0 radical (unpaired) electrons. The molecular formula is C75H146O17P2. The van der Waals surface area contributed by atoms with Crippen molar-refractivity contribution >= 4 is 39.5 Å². The van der Waals surface area contributed by atoms with Gasteiger partial charge in [-0.1, -0.05) is 325 Å². The Morgan fingerprint density at radius 1 is 0.298 bits per heavy atom. The van der Waals surface area contributed by atoms with Crippen LogP contribution < -0.4 is 0 Å². The van der Waals surface area contributed by atoms with Crippen LogP contribution in [0.5, 0.6) is 0 Å². The maximum Gasteiger partial charge on any atom is 0.472 e. The average molecular weight is 1380 g/mol. The van der Waals surface area contributed by atoms with Crippen LogP contribution in [0.2, 0.25) is 0 Å². The van der Waals surface area contributed by atoms with E-state index < -0.39 is 97.5 Å². The van der Waals surface area contributed by atoms with Crippen LogP contribution in [-0.2, 0) is 65.4 Å². The number of phosphoric ester groups is 2. The minimum Gasteiger partial charge on any atom is -0.462 e. The first-order valence-electron chi connectivity index (χ1n) is 38.8. The molecule has 0 aromatic carbocycles. The number of hydrogen-bond donors (Lipinski definition) is 3. The highest BCUT2D eigenvalue weighted by Gasteiger charge is 2.30. The summed E-state index contributed by atoms with van der Waals surface area (Å²) in [5.41, 5.74) is 0. The Kier molecular flexibility index (Phi) is 63.1. The second kappa shape index (κ2) is 64.4. The number of aliphatic hydroxyl groups is 1. The number of carbonyl (C=O) groups is 4. The van der Waals surface area contributed by atoms with Crippen LogP contribution in [0.1, 0.15) is 376 Å². The van der Waals surface area contributed by atoms with Crippen molar-refractivity contribution in [2.75, 3.05) is 39.6 Å².